The molecule has 0 spiro atoms. The number of nitrogens with one attached hydrogen (secondary N) is 1. The molecule has 0 aliphatic rings. The highest BCUT2D eigenvalue weighted by Crippen LogP contribution is 2.19. The highest BCUT2D eigenvalue weighted by atomic mass is 32.2. The van der Waals surface area contributed by atoms with Crippen molar-refractivity contribution in [1.29, 1.82) is 0 Å². The Balaban J connectivity index is 2.18. The van der Waals surface area contributed by atoms with Gasteiger partial charge in [-0.15, -0.1) is 0 Å². The molecule has 0 saturated carbocycles. The van der Waals surface area contributed by atoms with Gasteiger partial charge in [0.1, 0.15) is 10.6 Å². The standard InChI is InChI=1S/C14H18N2O4S/c1-10-14(11(2)20-15-10)21(18,19)16-13(9-17)8-12-6-4-3-5-7-12/h3-7,13,16-17H,8-9H2,1-2H3/t13-/m1/s1. The summed E-state index contributed by atoms with van der Waals surface area (Å²) in [4.78, 5) is 0.0361. The van der Waals surface area contributed by atoms with E-state index in [-0.39, 0.29) is 17.3 Å². The van der Waals surface area contributed by atoms with Gasteiger partial charge in [-0.1, -0.05) is 35.5 Å². The van der Waals surface area contributed by atoms with Crippen molar-refractivity contribution >= 4 is 10.0 Å². The fraction of sp³-hybridized carbons (Fsp3) is 0.357. The molecule has 0 radical (unpaired) electrons. The Hall–Kier alpha value is -1.70. The molecule has 21 heavy (non-hydrogen) atoms. The molecule has 0 saturated heterocycles. The minimum absolute atomic E-state index is 0.0361. The van der Waals surface area contributed by atoms with Gasteiger partial charge in [0.15, 0.2) is 5.76 Å². The molecule has 2 N–H and O–H groups in total. The number of aryl methyl sites for hydroxylation is 2. The first-order chi connectivity index (χ1) is 9.94. The summed E-state index contributed by atoms with van der Waals surface area (Å²) in [6.45, 7) is 2.81. The third-order valence-corrected chi connectivity index (χ3v) is 4.87. The van der Waals surface area contributed by atoms with E-state index in [1.165, 1.54) is 0 Å². The second kappa shape index (κ2) is 6.38. The first-order valence-corrected chi connectivity index (χ1v) is 8.02. The fourth-order valence-electron chi connectivity index (χ4n) is 2.18. The van der Waals surface area contributed by atoms with Crippen LogP contribution in [0.1, 0.15) is 17.0 Å². The topological polar surface area (TPSA) is 92.4 Å². The van der Waals surface area contributed by atoms with Gasteiger partial charge in [0.05, 0.1) is 6.61 Å². The van der Waals surface area contributed by atoms with Crippen LogP contribution in [-0.4, -0.2) is 31.3 Å². The molecule has 1 atom stereocenters. The monoisotopic (exact) mass is 310 g/mol. The molecule has 2 rings (SSSR count). The van der Waals surface area contributed by atoms with Gasteiger partial charge in [-0.25, -0.2) is 13.1 Å². The van der Waals surface area contributed by atoms with Crippen molar-refractivity contribution in [2.24, 2.45) is 0 Å². The number of hydrogen-bond donors (Lipinski definition) is 2. The lowest BCUT2D eigenvalue weighted by Crippen LogP contribution is -2.39. The first kappa shape index (κ1) is 15.7. The van der Waals surface area contributed by atoms with Crippen LogP contribution in [-0.2, 0) is 16.4 Å². The van der Waals surface area contributed by atoms with E-state index in [1.807, 2.05) is 30.3 Å². The van der Waals surface area contributed by atoms with Crippen molar-refractivity contribution in [2.75, 3.05) is 6.61 Å². The van der Waals surface area contributed by atoms with E-state index in [2.05, 4.69) is 9.88 Å². The van der Waals surface area contributed by atoms with E-state index in [0.717, 1.165) is 5.56 Å². The van der Waals surface area contributed by atoms with Crippen LogP contribution >= 0.6 is 0 Å². The number of nitrogens with zero attached hydrogens (tertiary/aromatic N) is 1. The Morgan fingerprint density at radius 2 is 1.95 bits per heavy atom. The maximum absolute atomic E-state index is 12.4. The smallest absolute Gasteiger partial charge is 0.246 e. The van der Waals surface area contributed by atoms with Crippen LogP contribution in [0, 0.1) is 13.8 Å². The van der Waals surface area contributed by atoms with Crippen LogP contribution in [0.15, 0.2) is 39.8 Å². The average molecular weight is 310 g/mol. The van der Waals surface area contributed by atoms with Crippen LogP contribution in [0.3, 0.4) is 0 Å². The number of aliphatic hydroxyl groups is 1. The summed E-state index contributed by atoms with van der Waals surface area (Å²) in [6.07, 6.45) is 0.403. The molecule has 0 aliphatic heterocycles. The van der Waals surface area contributed by atoms with Gasteiger partial charge >= 0.3 is 0 Å². The Morgan fingerprint density at radius 3 is 2.48 bits per heavy atom. The van der Waals surface area contributed by atoms with Crippen LogP contribution < -0.4 is 4.72 Å². The van der Waals surface area contributed by atoms with Gasteiger partial charge in [0, 0.05) is 6.04 Å². The molecule has 1 aromatic carbocycles. The lowest BCUT2D eigenvalue weighted by Gasteiger charge is -2.16. The molecule has 114 valence electrons. The zero-order valence-corrected chi connectivity index (χ0v) is 12.7. The number of aromatic nitrogens is 1. The largest absolute Gasteiger partial charge is 0.395 e. The summed E-state index contributed by atoms with van der Waals surface area (Å²) in [6, 6.07) is 8.77. The normalized spacial score (nSPS) is 13.3. The molecular weight excluding hydrogens is 292 g/mol. The maximum atomic E-state index is 12.4. The minimum Gasteiger partial charge on any atom is -0.395 e. The van der Waals surface area contributed by atoms with E-state index in [4.69, 9.17) is 4.52 Å². The Kier molecular flexibility index (Phi) is 4.76. The lowest BCUT2D eigenvalue weighted by molar-refractivity contribution is 0.256. The van der Waals surface area contributed by atoms with E-state index in [1.54, 1.807) is 13.8 Å². The Labute approximate surface area is 123 Å². The predicted molar refractivity (Wildman–Crippen MR) is 77.3 cm³/mol. The Morgan fingerprint density at radius 1 is 1.29 bits per heavy atom. The van der Waals surface area contributed by atoms with Gasteiger partial charge in [-0.3, -0.25) is 0 Å². The summed E-state index contributed by atoms with van der Waals surface area (Å²) in [7, 11) is -3.78. The summed E-state index contributed by atoms with van der Waals surface area (Å²) >= 11 is 0. The third kappa shape index (κ3) is 3.69. The second-order valence-electron chi connectivity index (χ2n) is 4.84. The average Bonchev–Trinajstić information content (AvgIpc) is 2.79. The summed E-state index contributed by atoms with van der Waals surface area (Å²) in [5.74, 6) is 0.233. The summed E-state index contributed by atoms with van der Waals surface area (Å²) < 4.78 is 32.1. The van der Waals surface area contributed by atoms with Gasteiger partial charge in [-0.05, 0) is 25.8 Å². The van der Waals surface area contributed by atoms with Gasteiger partial charge in [0.2, 0.25) is 10.0 Å². The molecule has 0 unspecified atom stereocenters. The predicted octanol–water partition coefficient (Wildman–Crippen LogP) is 1.17. The fourth-order valence-corrected chi connectivity index (χ4v) is 3.74. The SMILES string of the molecule is Cc1noc(C)c1S(=O)(=O)N[C@@H](CO)Cc1ccccc1. The van der Waals surface area contributed by atoms with Crippen molar-refractivity contribution < 1.29 is 18.0 Å². The van der Waals surface area contributed by atoms with Crippen LogP contribution in [0.2, 0.25) is 0 Å². The molecule has 1 heterocycles. The number of hydrogen-bond acceptors (Lipinski definition) is 5. The molecule has 7 heteroatoms. The van der Waals surface area contributed by atoms with Crippen molar-refractivity contribution in [3.63, 3.8) is 0 Å². The van der Waals surface area contributed by atoms with E-state index in [9.17, 15) is 13.5 Å². The van der Waals surface area contributed by atoms with Gasteiger partial charge in [0.25, 0.3) is 0 Å². The van der Waals surface area contributed by atoms with Crippen LogP contribution in [0.4, 0.5) is 0 Å². The molecule has 0 bridgehead atoms. The maximum Gasteiger partial charge on any atom is 0.246 e. The molecule has 0 amide bonds. The lowest BCUT2D eigenvalue weighted by atomic mass is 10.1. The summed E-state index contributed by atoms with van der Waals surface area (Å²) in [5, 5.41) is 13.1. The van der Waals surface area contributed by atoms with Gasteiger partial charge in [-0.2, -0.15) is 0 Å². The zero-order valence-electron chi connectivity index (χ0n) is 11.9. The highest BCUT2D eigenvalue weighted by Gasteiger charge is 2.26. The molecule has 0 fully saturated rings. The number of rotatable bonds is 6. The molecule has 2 aromatic rings. The van der Waals surface area contributed by atoms with E-state index in [0.29, 0.717) is 12.1 Å². The number of sulfonamides is 1. The zero-order chi connectivity index (χ0) is 15.5. The number of aliphatic hydroxyl groups excluding tert-OH is 1. The quantitative estimate of drug-likeness (QED) is 0.835. The van der Waals surface area contributed by atoms with Crippen molar-refractivity contribution in [2.45, 2.75) is 31.2 Å². The third-order valence-electron chi connectivity index (χ3n) is 3.10. The van der Waals surface area contributed by atoms with Crippen LogP contribution in [0.5, 0.6) is 0 Å². The van der Waals surface area contributed by atoms with Crippen LogP contribution in [0.25, 0.3) is 0 Å². The molecular formula is C14H18N2O4S. The first-order valence-electron chi connectivity index (χ1n) is 6.54. The molecule has 0 aliphatic carbocycles. The van der Waals surface area contributed by atoms with Crippen molar-refractivity contribution in [3.8, 4) is 0 Å². The number of benzene rings is 1. The van der Waals surface area contributed by atoms with E-state index >= 15 is 0 Å². The molecule has 1 aromatic heterocycles. The Bertz CT molecular complexity index is 676. The molecule has 6 nitrogen and oxygen atoms in total. The highest BCUT2D eigenvalue weighted by molar-refractivity contribution is 7.89. The minimum atomic E-state index is -3.78. The second-order valence-corrected chi connectivity index (χ2v) is 6.49. The van der Waals surface area contributed by atoms with Crippen molar-refractivity contribution in [3.05, 3.63) is 47.3 Å². The van der Waals surface area contributed by atoms with Gasteiger partial charge < -0.3 is 9.63 Å². The summed E-state index contributed by atoms with van der Waals surface area (Å²) in [5.41, 5.74) is 1.24. The van der Waals surface area contributed by atoms with Crippen molar-refractivity contribution in [1.82, 2.24) is 9.88 Å². The van der Waals surface area contributed by atoms with E-state index < -0.39 is 16.1 Å².